The minimum absolute atomic E-state index is 0.377. The average molecular weight is 278 g/mol. The molecule has 0 fully saturated rings. The van der Waals surface area contributed by atoms with Crippen LogP contribution in [0.1, 0.15) is 33.3 Å². The predicted molar refractivity (Wildman–Crippen MR) is 83.0 cm³/mol. The molecule has 5 nitrogen and oxygen atoms in total. The van der Waals surface area contributed by atoms with Gasteiger partial charge in [0, 0.05) is 24.8 Å². The molecule has 20 heavy (non-hydrogen) atoms. The summed E-state index contributed by atoms with van der Waals surface area (Å²) in [5.74, 6) is 2.02. The van der Waals surface area contributed by atoms with Gasteiger partial charge in [0.2, 0.25) is 5.88 Å². The van der Waals surface area contributed by atoms with Crippen molar-refractivity contribution in [2.75, 3.05) is 13.7 Å². The van der Waals surface area contributed by atoms with E-state index in [4.69, 9.17) is 4.74 Å². The van der Waals surface area contributed by atoms with Crippen molar-refractivity contribution in [1.29, 1.82) is 0 Å². The van der Waals surface area contributed by atoms with Crippen molar-refractivity contribution in [3.8, 4) is 5.88 Å². The fraction of sp³-hybridized carbons (Fsp3) is 0.600. The Bertz CT molecular complexity index is 414. The smallest absolute Gasteiger partial charge is 0.212 e. The first kappa shape index (κ1) is 16.3. The molecule has 2 N–H and O–H groups in total. The molecule has 0 aliphatic carbocycles. The van der Waals surface area contributed by atoms with Gasteiger partial charge in [-0.3, -0.25) is 0 Å². The zero-order valence-electron chi connectivity index (χ0n) is 13.1. The molecule has 5 heteroatoms. The van der Waals surface area contributed by atoms with Gasteiger partial charge in [-0.15, -0.1) is 0 Å². The molecule has 0 spiro atoms. The number of methoxy groups -OCH3 is 1. The molecule has 1 rings (SSSR count). The number of hydrogen-bond acceptors (Lipinski definition) is 3. The number of rotatable bonds is 6. The van der Waals surface area contributed by atoms with E-state index in [1.165, 1.54) is 0 Å². The Morgan fingerprint density at radius 1 is 1.35 bits per heavy atom. The Morgan fingerprint density at radius 2 is 2.10 bits per heavy atom. The van der Waals surface area contributed by atoms with Crippen molar-refractivity contribution in [1.82, 2.24) is 15.6 Å². The summed E-state index contributed by atoms with van der Waals surface area (Å²) in [6, 6.07) is 4.20. The second-order valence-electron chi connectivity index (χ2n) is 5.08. The highest BCUT2D eigenvalue weighted by molar-refractivity contribution is 5.80. The monoisotopic (exact) mass is 278 g/mol. The topological polar surface area (TPSA) is 58.5 Å². The van der Waals surface area contributed by atoms with Gasteiger partial charge in [-0.1, -0.05) is 19.9 Å². The molecular weight excluding hydrogens is 252 g/mol. The molecule has 0 aliphatic rings. The molecule has 0 bridgehead atoms. The largest absolute Gasteiger partial charge is 0.481 e. The van der Waals surface area contributed by atoms with Crippen LogP contribution < -0.4 is 15.4 Å². The van der Waals surface area contributed by atoms with E-state index in [2.05, 4.69) is 48.3 Å². The first-order valence-corrected chi connectivity index (χ1v) is 7.10. The first-order chi connectivity index (χ1) is 9.56. The third kappa shape index (κ3) is 5.47. The van der Waals surface area contributed by atoms with Crippen LogP contribution in [0.5, 0.6) is 5.88 Å². The Hall–Kier alpha value is -1.78. The zero-order valence-corrected chi connectivity index (χ0v) is 13.1. The molecule has 1 heterocycles. The second-order valence-corrected chi connectivity index (χ2v) is 5.08. The van der Waals surface area contributed by atoms with Crippen molar-refractivity contribution in [3.05, 3.63) is 23.9 Å². The summed E-state index contributed by atoms with van der Waals surface area (Å²) in [5, 5.41) is 6.66. The molecule has 112 valence electrons. The highest BCUT2D eigenvalue weighted by atomic mass is 16.5. The summed E-state index contributed by atoms with van der Waals surface area (Å²) >= 11 is 0. The number of aromatic nitrogens is 1. The molecule has 0 amide bonds. The van der Waals surface area contributed by atoms with Crippen LogP contribution in [0.15, 0.2) is 23.3 Å². The van der Waals surface area contributed by atoms with Gasteiger partial charge in [0.15, 0.2) is 5.96 Å². The fourth-order valence-electron chi connectivity index (χ4n) is 1.50. The SMILES string of the molecule is CCNC(=NCc1ccc(OC)nc1)NC(C)C(C)C. The van der Waals surface area contributed by atoms with Crippen LogP contribution in [0.3, 0.4) is 0 Å². The van der Waals surface area contributed by atoms with Gasteiger partial charge >= 0.3 is 0 Å². The molecule has 0 aliphatic heterocycles. The molecule has 1 unspecified atom stereocenters. The van der Waals surface area contributed by atoms with E-state index in [9.17, 15) is 0 Å². The van der Waals surface area contributed by atoms with E-state index < -0.39 is 0 Å². The Morgan fingerprint density at radius 3 is 2.60 bits per heavy atom. The number of hydrogen-bond donors (Lipinski definition) is 2. The van der Waals surface area contributed by atoms with Gasteiger partial charge < -0.3 is 15.4 Å². The third-order valence-electron chi connectivity index (χ3n) is 3.14. The molecule has 1 aromatic rings. The second kappa shape index (κ2) is 8.40. The van der Waals surface area contributed by atoms with E-state index in [1.807, 2.05) is 12.1 Å². The molecular formula is C15H26N4O. The lowest BCUT2D eigenvalue weighted by molar-refractivity contribution is 0.397. The predicted octanol–water partition coefficient (Wildman–Crippen LogP) is 2.19. The van der Waals surface area contributed by atoms with Crippen LogP contribution in [0, 0.1) is 5.92 Å². The van der Waals surface area contributed by atoms with Gasteiger partial charge in [0.1, 0.15) is 0 Å². The Labute approximate surface area is 121 Å². The van der Waals surface area contributed by atoms with E-state index >= 15 is 0 Å². The van der Waals surface area contributed by atoms with E-state index in [1.54, 1.807) is 13.3 Å². The summed E-state index contributed by atoms with van der Waals surface area (Å²) < 4.78 is 5.04. The van der Waals surface area contributed by atoms with E-state index in [0.717, 1.165) is 18.1 Å². The number of nitrogens with zero attached hydrogens (tertiary/aromatic N) is 2. The van der Waals surface area contributed by atoms with Gasteiger partial charge in [0.25, 0.3) is 0 Å². The number of guanidine groups is 1. The minimum Gasteiger partial charge on any atom is -0.481 e. The summed E-state index contributed by atoms with van der Waals surface area (Å²) in [7, 11) is 1.61. The van der Waals surface area contributed by atoms with Gasteiger partial charge in [-0.05, 0) is 25.3 Å². The highest BCUT2D eigenvalue weighted by Gasteiger charge is 2.08. The number of pyridine rings is 1. The van der Waals surface area contributed by atoms with Crippen molar-refractivity contribution in [3.63, 3.8) is 0 Å². The third-order valence-corrected chi connectivity index (χ3v) is 3.14. The molecule has 1 atom stereocenters. The maximum absolute atomic E-state index is 5.04. The zero-order chi connectivity index (χ0) is 15.0. The van der Waals surface area contributed by atoms with Crippen LogP contribution >= 0.6 is 0 Å². The number of nitrogens with one attached hydrogen (secondary N) is 2. The van der Waals surface area contributed by atoms with Gasteiger partial charge in [0.05, 0.1) is 13.7 Å². The van der Waals surface area contributed by atoms with Crippen molar-refractivity contribution in [2.24, 2.45) is 10.9 Å². The summed E-state index contributed by atoms with van der Waals surface area (Å²) in [6.07, 6.45) is 1.79. The molecule has 0 saturated carbocycles. The lowest BCUT2D eigenvalue weighted by Crippen LogP contribution is -2.44. The highest BCUT2D eigenvalue weighted by Crippen LogP contribution is 2.07. The molecule has 0 aromatic carbocycles. The number of ether oxygens (including phenoxy) is 1. The van der Waals surface area contributed by atoms with Crippen LogP contribution in [0.2, 0.25) is 0 Å². The number of aliphatic imine (C=N–C) groups is 1. The lowest BCUT2D eigenvalue weighted by Gasteiger charge is -2.20. The van der Waals surface area contributed by atoms with Crippen molar-refractivity contribution >= 4 is 5.96 Å². The first-order valence-electron chi connectivity index (χ1n) is 7.10. The van der Waals surface area contributed by atoms with Gasteiger partial charge in [-0.2, -0.15) is 0 Å². The van der Waals surface area contributed by atoms with Crippen LogP contribution in [-0.4, -0.2) is 30.6 Å². The maximum atomic E-state index is 5.04. The Kier molecular flexibility index (Phi) is 6.84. The quantitative estimate of drug-likeness (QED) is 0.618. The Balaban J connectivity index is 2.65. The van der Waals surface area contributed by atoms with Crippen molar-refractivity contribution < 1.29 is 4.74 Å². The van der Waals surface area contributed by atoms with E-state index in [0.29, 0.717) is 24.4 Å². The molecule has 0 radical (unpaired) electrons. The molecule has 1 aromatic heterocycles. The van der Waals surface area contributed by atoms with Crippen molar-refractivity contribution in [2.45, 2.75) is 40.3 Å². The van der Waals surface area contributed by atoms with Crippen LogP contribution in [0.25, 0.3) is 0 Å². The van der Waals surface area contributed by atoms with E-state index in [-0.39, 0.29) is 0 Å². The van der Waals surface area contributed by atoms with Crippen LogP contribution in [0.4, 0.5) is 0 Å². The fourth-order valence-corrected chi connectivity index (χ4v) is 1.50. The molecule has 0 saturated heterocycles. The van der Waals surface area contributed by atoms with Crippen LogP contribution in [-0.2, 0) is 6.54 Å². The minimum atomic E-state index is 0.377. The average Bonchev–Trinajstić information content (AvgIpc) is 2.45. The summed E-state index contributed by atoms with van der Waals surface area (Å²) in [4.78, 5) is 8.75. The normalized spacial score (nSPS) is 13.2. The standard InChI is InChI=1S/C15H26N4O/c1-6-16-15(19-12(4)11(2)3)18-10-13-7-8-14(20-5)17-9-13/h7-9,11-12H,6,10H2,1-5H3,(H2,16,18,19). The maximum Gasteiger partial charge on any atom is 0.212 e. The summed E-state index contributed by atoms with van der Waals surface area (Å²) in [5.41, 5.74) is 1.06. The van der Waals surface area contributed by atoms with Gasteiger partial charge in [-0.25, -0.2) is 9.98 Å². The lowest BCUT2D eigenvalue weighted by atomic mass is 10.1. The summed E-state index contributed by atoms with van der Waals surface area (Å²) in [6.45, 7) is 10.0.